The van der Waals surface area contributed by atoms with Crippen molar-refractivity contribution in [2.24, 2.45) is 7.05 Å². The maximum Gasteiger partial charge on any atom is 0.173 e. The van der Waals surface area contributed by atoms with Crippen molar-refractivity contribution in [1.29, 1.82) is 0 Å². The number of thiocarbonyl (C=S) groups is 1. The largest absolute Gasteiger partial charge is 0.347 e. The van der Waals surface area contributed by atoms with Gasteiger partial charge in [-0.3, -0.25) is 4.68 Å². The van der Waals surface area contributed by atoms with E-state index in [-0.39, 0.29) is 0 Å². The van der Waals surface area contributed by atoms with Crippen LogP contribution >= 0.6 is 24.0 Å². The van der Waals surface area contributed by atoms with Crippen molar-refractivity contribution in [2.75, 3.05) is 29.9 Å². The van der Waals surface area contributed by atoms with Gasteiger partial charge in [0.2, 0.25) is 0 Å². The zero-order valence-electron chi connectivity index (χ0n) is 9.56. The van der Waals surface area contributed by atoms with E-state index in [0.29, 0.717) is 0 Å². The SMILES string of the molecule is Cc1nn(C)cc1NC(=S)N1CCSCC1. The van der Waals surface area contributed by atoms with Crippen LogP contribution in [-0.2, 0) is 7.05 Å². The Morgan fingerprint density at radius 1 is 1.50 bits per heavy atom. The van der Waals surface area contributed by atoms with Gasteiger partial charge in [-0.15, -0.1) is 0 Å². The molecule has 0 aromatic carbocycles. The number of hydrogen-bond donors (Lipinski definition) is 1. The van der Waals surface area contributed by atoms with E-state index in [9.17, 15) is 0 Å². The molecule has 1 aliphatic rings. The number of anilines is 1. The van der Waals surface area contributed by atoms with Crippen molar-refractivity contribution in [2.45, 2.75) is 6.92 Å². The fourth-order valence-corrected chi connectivity index (χ4v) is 2.88. The predicted octanol–water partition coefficient (Wildman–Crippen LogP) is 1.47. The Morgan fingerprint density at radius 3 is 2.75 bits per heavy atom. The third-order valence-electron chi connectivity index (χ3n) is 2.55. The zero-order valence-corrected chi connectivity index (χ0v) is 11.2. The van der Waals surface area contributed by atoms with Crippen LogP contribution in [-0.4, -0.2) is 44.4 Å². The molecule has 0 saturated carbocycles. The Bertz CT molecular complexity index is 382. The lowest BCUT2D eigenvalue weighted by Crippen LogP contribution is -2.40. The number of aryl methyl sites for hydroxylation is 2. The monoisotopic (exact) mass is 256 g/mol. The van der Waals surface area contributed by atoms with Gasteiger partial charge < -0.3 is 10.2 Å². The molecule has 0 unspecified atom stereocenters. The molecular weight excluding hydrogens is 240 g/mol. The molecule has 1 aliphatic heterocycles. The molecule has 16 heavy (non-hydrogen) atoms. The summed E-state index contributed by atoms with van der Waals surface area (Å²) in [4.78, 5) is 2.22. The maximum absolute atomic E-state index is 5.39. The summed E-state index contributed by atoms with van der Waals surface area (Å²) < 4.78 is 1.80. The molecule has 0 aliphatic carbocycles. The quantitative estimate of drug-likeness (QED) is 0.770. The van der Waals surface area contributed by atoms with Crippen molar-refractivity contribution in [1.82, 2.24) is 14.7 Å². The summed E-state index contributed by atoms with van der Waals surface area (Å²) in [5.41, 5.74) is 1.99. The second-order valence-corrected chi connectivity index (χ2v) is 5.44. The highest BCUT2D eigenvalue weighted by Gasteiger charge is 2.14. The van der Waals surface area contributed by atoms with E-state index in [2.05, 4.69) is 15.3 Å². The van der Waals surface area contributed by atoms with E-state index in [4.69, 9.17) is 12.2 Å². The van der Waals surface area contributed by atoms with Crippen LogP contribution in [0.1, 0.15) is 5.69 Å². The standard InChI is InChI=1S/C10H16N4S2/c1-8-9(7-13(2)12-8)11-10(15)14-3-5-16-6-4-14/h7H,3-6H2,1-2H3,(H,11,15). The van der Waals surface area contributed by atoms with Gasteiger partial charge in [-0.2, -0.15) is 16.9 Å². The summed E-state index contributed by atoms with van der Waals surface area (Å²) in [6.07, 6.45) is 1.96. The first-order chi connectivity index (χ1) is 7.66. The molecule has 1 N–H and O–H groups in total. The minimum Gasteiger partial charge on any atom is -0.347 e. The third kappa shape index (κ3) is 2.68. The van der Waals surface area contributed by atoms with Gasteiger partial charge in [0.15, 0.2) is 5.11 Å². The van der Waals surface area contributed by atoms with E-state index in [1.54, 1.807) is 4.68 Å². The fourth-order valence-electron chi connectivity index (χ4n) is 1.68. The first-order valence-corrected chi connectivity index (χ1v) is 6.87. The van der Waals surface area contributed by atoms with Gasteiger partial charge >= 0.3 is 0 Å². The molecule has 0 amide bonds. The molecule has 0 bridgehead atoms. The van der Waals surface area contributed by atoms with Gasteiger partial charge in [-0.25, -0.2) is 0 Å². The molecular formula is C10H16N4S2. The Morgan fingerprint density at radius 2 is 2.19 bits per heavy atom. The summed E-state index contributed by atoms with van der Waals surface area (Å²) >= 11 is 7.38. The molecule has 1 aromatic heterocycles. The summed E-state index contributed by atoms with van der Waals surface area (Å²) in [5, 5.41) is 8.36. The highest BCUT2D eigenvalue weighted by Crippen LogP contribution is 2.14. The lowest BCUT2D eigenvalue weighted by Gasteiger charge is -2.28. The van der Waals surface area contributed by atoms with E-state index in [0.717, 1.165) is 41.1 Å². The molecule has 2 heterocycles. The van der Waals surface area contributed by atoms with Crippen molar-refractivity contribution >= 4 is 34.8 Å². The van der Waals surface area contributed by atoms with Crippen LogP contribution in [0.3, 0.4) is 0 Å². The maximum atomic E-state index is 5.39. The second kappa shape index (κ2) is 5.05. The number of hydrogen-bond acceptors (Lipinski definition) is 3. The van der Waals surface area contributed by atoms with Gasteiger partial charge in [0.25, 0.3) is 0 Å². The minimum absolute atomic E-state index is 0.816. The van der Waals surface area contributed by atoms with Gasteiger partial charge in [0.05, 0.1) is 11.4 Å². The Hall–Kier alpha value is -0.750. The molecule has 1 fully saturated rings. The molecule has 1 aromatic rings. The Balaban J connectivity index is 1.98. The van der Waals surface area contributed by atoms with Crippen molar-refractivity contribution in [3.63, 3.8) is 0 Å². The van der Waals surface area contributed by atoms with E-state index < -0.39 is 0 Å². The van der Waals surface area contributed by atoms with Crippen LogP contribution < -0.4 is 5.32 Å². The Kier molecular flexibility index (Phi) is 3.70. The van der Waals surface area contributed by atoms with Crippen molar-refractivity contribution in [3.05, 3.63) is 11.9 Å². The van der Waals surface area contributed by atoms with Crippen molar-refractivity contribution in [3.8, 4) is 0 Å². The zero-order chi connectivity index (χ0) is 11.5. The second-order valence-electron chi connectivity index (χ2n) is 3.83. The van der Waals surface area contributed by atoms with Gasteiger partial charge in [0, 0.05) is 37.8 Å². The lowest BCUT2D eigenvalue weighted by molar-refractivity contribution is 0.470. The normalized spacial score (nSPS) is 16.2. The number of nitrogens with one attached hydrogen (secondary N) is 1. The van der Waals surface area contributed by atoms with Gasteiger partial charge in [-0.05, 0) is 19.1 Å². The lowest BCUT2D eigenvalue weighted by atomic mass is 10.4. The molecule has 88 valence electrons. The topological polar surface area (TPSA) is 33.1 Å². The smallest absolute Gasteiger partial charge is 0.173 e. The van der Waals surface area contributed by atoms with E-state index in [1.165, 1.54) is 0 Å². The van der Waals surface area contributed by atoms with Crippen LogP contribution in [0.15, 0.2) is 6.20 Å². The molecule has 2 rings (SSSR count). The summed E-state index contributed by atoms with van der Waals surface area (Å²) in [7, 11) is 1.92. The summed E-state index contributed by atoms with van der Waals surface area (Å²) in [5.74, 6) is 2.32. The highest BCUT2D eigenvalue weighted by atomic mass is 32.2. The number of rotatable bonds is 1. The first kappa shape index (κ1) is 11.7. The number of nitrogens with zero attached hydrogens (tertiary/aromatic N) is 3. The number of thioether (sulfide) groups is 1. The van der Waals surface area contributed by atoms with E-state index in [1.807, 2.05) is 31.9 Å². The molecule has 0 spiro atoms. The summed E-state index contributed by atoms with van der Waals surface area (Å²) in [6.45, 7) is 4.06. The third-order valence-corrected chi connectivity index (χ3v) is 3.86. The minimum atomic E-state index is 0.816. The van der Waals surface area contributed by atoms with Crippen molar-refractivity contribution < 1.29 is 0 Å². The van der Waals surface area contributed by atoms with Gasteiger partial charge in [0.1, 0.15) is 0 Å². The number of aromatic nitrogens is 2. The first-order valence-electron chi connectivity index (χ1n) is 5.31. The molecule has 6 heteroatoms. The predicted molar refractivity (Wildman–Crippen MR) is 73.1 cm³/mol. The average molecular weight is 256 g/mol. The van der Waals surface area contributed by atoms with Crippen LogP contribution in [0.4, 0.5) is 5.69 Å². The van der Waals surface area contributed by atoms with Crippen LogP contribution in [0, 0.1) is 6.92 Å². The van der Waals surface area contributed by atoms with E-state index >= 15 is 0 Å². The molecule has 0 atom stereocenters. The summed E-state index contributed by atoms with van der Waals surface area (Å²) in [6, 6.07) is 0. The average Bonchev–Trinajstić information content (AvgIpc) is 2.59. The van der Waals surface area contributed by atoms with Gasteiger partial charge in [-0.1, -0.05) is 0 Å². The molecule has 4 nitrogen and oxygen atoms in total. The highest BCUT2D eigenvalue weighted by molar-refractivity contribution is 7.99. The molecule has 1 saturated heterocycles. The van der Waals surface area contributed by atoms with Crippen LogP contribution in [0.5, 0.6) is 0 Å². The molecule has 0 radical (unpaired) electrons. The fraction of sp³-hybridized carbons (Fsp3) is 0.600. The van der Waals surface area contributed by atoms with Crippen LogP contribution in [0.2, 0.25) is 0 Å². The Labute approximate surface area is 105 Å². The van der Waals surface area contributed by atoms with Crippen LogP contribution in [0.25, 0.3) is 0 Å².